The smallest absolute Gasteiger partial charge is 0.326 e. The van der Waals surface area contributed by atoms with Gasteiger partial charge in [-0.25, -0.2) is 4.79 Å². The van der Waals surface area contributed by atoms with Gasteiger partial charge in [-0.05, 0) is 32.2 Å². The zero-order valence-corrected chi connectivity index (χ0v) is 17.0. The van der Waals surface area contributed by atoms with Gasteiger partial charge in [0.05, 0.1) is 19.0 Å². The molecule has 0 aromatic rings. The van der Waals surface area contributed by atoms with Crippen LogP contribution in [0, 0.1) is 0 Å². The molecule has 3 unspecified atom stereocenters. The lowest BCUT2D eigenvalue weighted by Gasteiger charge is -2.21. The molecule has 3 atom stereocenters. The SMILES string of the molecule is NCCCCC(NC(=O)C(N)CCC(=O)O)C(=O)NCC(=O)NC(CC(N)=O)C(=O)O. The number of amides is 4. The van der Waals surface area contributed by atoms with Crippen LogP contribution < -0.4 is 33.2 Å². The molecule has 11 N–H and O–H groups in total. The van der Waals surface area contributed by atoms with Crippen LogP contribution in [-0.2, 0) is 28.8 Å². The van der Waals surface area contributed by atoms with Crippen molar-refractivity contribution in [1.29, 1.82) is 0 Å². The number of carbonyl (C=O) groups is 6. The van der Waals surface area contributed by atoms with E-state index in [9.17, 15) is 28.8 Å². The second-order valence-corrected chi connectivity index (χ2v) is 6.73. The first kappa shape index (κ1) is 27.7. The molecule has 4 amide bonds. The first-order valence-corrected chi connectivity index (χ1v) is 9.53. The number of hydrogen-bond donors (Lipinski definition) is 8. The van der Waals surface area contributed by atoms with E-state index >= 15 is 0 Å². The van der Waals surface area contributed by atoms with Gasteiger partial charge in [-0.2, -0.15) is 0 Å². The Morgan fingerprint density at radius 3 is 2.03 bits per heavy atom. The third-order valence-electron chi connectivity index (χ3n) is 4.05. The number of aliphatic carboxylic acids is 2. The highest BCUT2D eigenvalue weighted by Gasteiger charge is 2.25. The van der Waals surface area contributed by atoms with Crippen LogP contribution in [0.25, 0.3) is 0 Å². The van der Waals surface area contributed by atoms with Crippen molar-refractivity contribution >= 4 is 35.6 Å². The van der Waals surface area contributed by atoms with Gasteiger partial charge < -0.3 is 43.4 Å². The third-order valence-corrected chi connectivity index (χ3v) is 4.05. The fourth-order valence-corrected chi connectivity index (χ4v) is 2.39. The minimum absolute atomic E-state index is 0.128. The van der Waals surface area contributed by atoms with Crippen molar-refractivity contribution in [2.75, 3.05) is 13.1 Å². The van der Waals surface area contributed by atoms with E-state index in [4.69, 9.17) is 27.4 Å². The van der Waals surface area contributed by atoms with E-state index in [1.807, 2.05) is 5.32 Å². The summed E-state index contributed by atoms with van der Waals surface area (Å²) in [7, 11) is 0. The number of rotatable bonds is 16. The molecule has 0 bridgehead atoms. The molecular weight excluding hydrogens is 416 g/mol. The molecule has 0 aliphatic carbocycles. The Balaban J connectivity index is 4.87. The highest BCUT2D eigenvalue weighted by atomic mass is 16.4. The maximum atomic E-state index is 12.4. The van der Waals surface area contributed by atoms with Crippen molar-refractivity contribution in [2.45, 2.75) is 56.7 Å². The molecule has 176 valence electrons. The van der Waals surface area contributed by atoms with Gasteiger partial charge in [0.1, 0.15) is 12.1 Å². The Hall–Kier alpha value is -3.26. The monoisotopic (exact) mass is 446 g/mol. The molecule has 0 aromatic heterocycles. The number of nitrogens with two attached hydrogens (primary N) is 3. The van der Waals surface area contributed by atoms with Crippen molar-refractivity contribution in [3.8, 4) is 0 Å². The molecule has 0 saturated carbocycles. The number of carbonyl (C=O) groups excluding carboxylic acids is 4. The Bertz CT molecular complexity index is 671. The van der Waals surface area contributed by atoms with Crippen molar-refractivity contribution in [1.82, 2.24) is 16.0 Å². The van der Waals surface area contributed by atoms with E-state index in [1.54, 1.807) is 0 Å². The minimum atomic E-state index is -1.55. The van der Waals surface area contributed by atoms with Gasteiger partial charge in [0, 0.05) is 6.42 Å². The molecule has 14 nitrogen and oxygen atoms in total. The van der Waals surface area contributed by atoms with Gasteiger partial charge in [-0.3, -0.25) is 24.0 Å². The maximum absolute atomic E-state index is 12.4. The predicted octanol–water partition coefficient (Wildman–Crippen LogP) is -3.65. The average Bonchev–Trinajstić information content (AvgIpc) is 2.68. The molecule has 31 heavy (non-hydrogen) atoms. The van der Waals surface area contributed by atoms with Crippen LogP contribution in [-0.4, -0.2) is 77.0 Å². The minimum Gasteiger partial charge on any atom is -0.481 e. The number of carboxylic acid groups (broad SMARTS) is 2. The van der Waals surface area contributed by atoms with Gasteiger partial charge in [-0.1, -0.05) is 0 Å². The second-order valence-electron chi connectivity index (χ2n) is 6.73. The largest absolute Gasteiger partial charge is 0.481 e. The molecule has 0 saturated heterocycles. The molecule has 0 aromatic carbocycles. The molecule has 0 fully saturated rings. The van der Waals surface area contributed by atoms with Gasteiger partial charge in [-0.15, -0.1) is 0 Å². The number of hydrogen-bond acceptors (Lipinski definition) is 8. The summed E-state index contributed by atoms with van der Waals surface area (Å²) in [6, 6.07) is -3.76. The first-order chi connectivity index (χ1) is 14.5. The fraction of sp³-hybridized carbons (Fsp3) is 0.647. The van der Waals surface area contributed by atoms with Crippen LogP contribution >= 0.6 is 0 Å². The number of nitrogens with one attached hydrogen (secondary N) is 3. The van der Waals surface area contributed by atoms with E-state index in [0.717, 1.165) is 0 Å². The fourth-order valence-electron chi connectivity index (χ4n) is 2.39. The van der Waals surface area contributed by atoms with Gasteiger partial charge in [0.2, 0.25) is 23.6 Å². The lowest BCUT2D eigenvalue weighted by molar-refractivity contribution is -0.143. The topological polar surface area (TPSA) is 257 Å². The predicted molar refractivity (Wildman–Crippen MR) is 106 cm³/mol. The number of carboxylic acids is 2. The van der Waals surface area contributed by atoms with E-state index < -0.39 is 66.7 Å². The van der Waals surface area contributed by atoms with Gasteiger partial charge >= 0.3 is 11.9 Å². The maximum Gasteiger partial charge on any atom is 0.326 e. The lowest BCUT2D eigenvalue weighted by atomic mass is 10.1. The zero-order chi connectivity index (χ0) is 24.0. The molecule has 0 aliphatic heterocycles. The quantitative estimate of drug-likeness (QED) is 0.108. The zero-order valence-electron chi connectivity index (χ0n) is 17.0. The van der Waals surface area contributed by atoms with E-state index in [1.165, 1.54) is 0 Å². The van der Waals surface area contributed by atoms with E-state index in [2.05, 4.69) is 10.6 Å². The Labute approximate surface area is 178 Å². The molecular formula is C17H30N6O8. The van der Waals surface area contributed by atoms with Crippen LogP contribution in [0.3, 0.4) is 0 Å². The summed E-state index contributed by atoms with van der Waals surface area (Å²) >= 11 is 0. The Morgan fingerprint density at radius 1 is 0.871 bits per heavy atom. The van der Waals surface area contributed by atoms with E-state index in [-0.39, 0.29) is 19.3 Å². The van der Waals surface area contributed by atoms with Crippen LogP contribution in [0.5, 0.6) is 0 Å². The van der Waals surface area contributed by atoms with Crippen LogP contribution in [0.15, 0.2) is 0 Å². The lowest BCUT2D eigenvalue weighted by Crippen LogP contribution is -2.53. The Kier molecular flexibility index (Phi) is 13.1. The molecule has 0 spiro atoms. The molecule has 0 heterocycles. The molecule has 0 radical (unpaired) electrons. The summed E-state index contributed by atoms with van der Waals surface area (Å²) in [5, 5.41) is 24.4. The summed E-state index contributed by atoms with van der Waals surface area (Å²) in [5.74, 6) is -5.87. The van der Waals surface area contributed by atoms with Crippen molar-refractivity contribution < 1.29 is 39.0 Å². The van der Waals surface area contributed by atoms with Crippen molar-refractivity contribution in [2.24, 2.45) is 17.2 Å². The number of unbranched alkanes of at least 4 members (excludes halogenated alkanes) is 1. The van der Waals surface area contributed by atoms with Gasteiger partial charge in [0.25, 0.3) is 0 Å². The second kappa shape index (κ2) is 14.7. The average molecular weight is 446 g/mol. The standard InChI is InChI=1S/C17H30N6O8/c18-6-2-1-3-10(23-15(28)9(19)4-5-14(26)27)16(29)21-8-13(25)22-11(17(30)31)7-12(20)24/h9-11H,1-8,18-19H2,(H2,20,24)(H,21,29)(H,22,25)(H,23,28)(H,26,27)(H,30,31). The molecule has 0 rings (SSSR count). The van der Waals surface area contributed by atoms with E-state index in [0.29, 0.717) is 19.4 Å². The first-order valence-electron chi connectivity index (χ1n) is 9.53. The van der Waals surface area contributed by atoms with Crippen molar-refractivity contribution in [3.05, 3.63) is 0 Å². The summed E-state index contributed by atoms with van der Waals surface area (Å²) in [4.78, 5) is 68.9. The molecule has 0 aliphatic rings. The van der Waals surface area contributed by atoms with Gasteiger partial charge in [0.15, 0.2) is 0 Å². The van der Waals surface area contributed by atoms with Crippen LogP contribution in [0.4, 0.5) is 0 Å². The normalized spacial score (nSPS) is 13.4. The summed E-state index contributed by atoms with van der Waals surface area (Å²) in [6.45, 7) is -0.255. The highest BCUT2D eigenvalue weighted by Crippen LogP contribution is 2.03. The highest BCUT2D eigenvalue weighted by molar-refractivity contribution is 5.93. The van der Waals surface area contributed by atoms with Crippen molar-refractivity contribution in [3.63, 3.8) is 0 Å². The van der Waals surface area contributed by atoms with Crippen LogP contribution in [0.1, 0.15) is 38.5 Å². The molecule has 14 heteroatoms. The summed E-state index contributed by atoms with van der Waals surface area (Å²) < 4.78 is 0. The summed E-state index contributed by atoms with van der Waals surface area (Å²) in [6.07, 6.45) is 0.151. The third kappa shape index (κ3) is 12.8. The van der Waals surface area contributed by atoms with Crippen LogP contribution in [0.2, 0.25) is 0 Å². The number of primary amides is 1. The summed E-state index contributed by atoms with van der Waals surface area (Å²) in [5.41, 5.74) is 16.0. The Morgan fingerprint density at radius 2 is 1.52 bits per heavy atom.